The SMILES string of the molecule is O=C(O)[C@@]1(Cc2ccccc2)CCN(Cc2cc(C#CCO)cs2)C[C@H]1O. The summed E-state index contributed by atoms with van der Waals surface area (Å²) in [7, 11) is 0. The number of β-amino-alcohol motifs (C(OH)–C–C–N with tert-alkyl or cyclic N) is 1. The van der Waals surface area contributed by atoms with Gasteiger partial charge in [0.05, 0.1) is 6.10 Å². The molecule has 2 atom stereocenters. The van der Waals surface area contributed by atoms with Crippen molar-refractivity contribution in [2.24, 2.45) is 5.41 Å². The number of rotatable bonds is 5. The Morgan fingerprint density at radius 2 is 2.11 bits per heavy atom. The molecule has 142 valence electrons. The molecule has 1 fully saturated rings. The first-order valence-electron chi connectivity index (χ1n) is 8.88. The molecule has 6 heteroatoms. The summed E-state index contributed by atoms with van der Waals surface area (Å²) < 4.78 is 0. The highest BCUT2D eigenvalue weighted by atomic mass is 32.1. The number of carboxylic acids is 1. The molecule has 1 aliphatic rings. The molecule has 1 saturated heterocycles. The number of hydrogen-bond donors (Lipinski definition) is 3. The number of aliphatic carboxylic acids is 1. The Labute approximate surface area is 162 Å². The molecule has 1 aliphatic heterocycles. The third-order valence-electron chi connectivity index (χ3n) is 5.08. The zero-order chi connectivity index (χ0) is 19.3. The van der Waals surface area contributed by atoms with Crippen molar-refractivity contribution in [3.63, 3.8) is 0 Å². The molecule has 0 saturated carbocycles. The van der Waals surface area contributed by atoms with Crippen LogP contribution in [0.4, 0.5) is 0 Å². The fourth-order valence-electron chi connectivity index (χ4n) is 3.56. The van der Waals surface area contributed by atoms with Crippen molar-refractivity contribution in [1.82, 2.24) is 4.90 Å². The van der Waals surface area contributed by atoms with E-state index in [-0.39, 0.29) is 6.61 Å². The predicted octanol–water partition coefficient (Wildman–Crippen LogP) is 1.97. The van der Waals surface area contributed by atoms with E-state index in [9.17, 15) is 15.0 Å². The normalized spacial score (nSPS) is 22.8. The number of benzene rings is 1. The highest BCUT2D eigenvalue weighted by molar-refractivity contribution is 7.10. The first kappa shape index (κ1) is 19.6. The maximum absolute atomic E-state index is 12.0. The Kier molecular flexibility index (Phi) is 6.30. The van der Waals surface area contributed by atoms with Crippen LogP contribution in [0.1, 0.15) is 22.4 Å². The molecule has 0 amide bonds. The van der Waals surface area contributed by atoms with E-state index in [1.807, 2.05) is 41.8 Å². The van der Waals surface area contributed by atoms with Gasteiger partial charge in [0.15, 0.2) is 0 Å². The van der Waals surface area contributed by atoms with E-state index < -0.39 is 17.5 Å². The molecule has 0 bridgehead atoms. The van der Waals surface area contributed by atoms with Crippen LogP contribution in [0.25, 0.3) is 0 Å². The molecule has 1 aromatic heterocycles. The minimum atomic E-state index is -1.15. The molecule has 2 aromatic rings. The van der Waals surface area contributed by atoms with Crippen molar-refractivity contribution < 1.29 is 20.1 Å². The molecule has 0 unspecified atom stereocenters. The number of aliphatic hydroxyl groups excluding tert-OH is 2. The summed E-state index contributed by atoms with van der Waals surface area (Å²) in [6.45, 7) is 1.44. The summed E-state index contributed by atoms with van der Waals surface area (Å²) in [5.41, 5.74) is 0.647. The highest BCUT2D eigenvalue weighted by Crippen LogP contribution is 2.36. The maximum Gasteiger partial charge on any atom is 0.312 e. The summed E-state index contributed by atoms with van der Waals surface area (Å²) in [6.07, 6.45) is -0.198. The minimum absolute atomic E-state index is 0.165. The minimum Gasteiger partial charge on any atom is -0.481 e. The van der Waals surface area contributed by atoms with Crippen molar-refractivity contribution in [1.29, 1.82) is 0 Å². The van der Waals surface area contributed by atoms with Gasteiger partial charge in [0, 0.05) is 28.9 Å². The molecule has 27 heavy (non-hydrogen) atoms. The summed E-state index contributed by atoms with van der Waals surface area (Å²) >= 11 is 1.58. The number of carbonyl (C=O) groups is 1. The lowest BCUT2D eigenvalue weighted by molar-refractivity contribution is -0.163. The number of piperidine rings is 1. The molecule has 3 N–H and O–H groups in total. The second kappa shape index (κ2) is 8.68. The summed E-state index contributed by atoms with van der Waals surface area (Å²) in [6, 6.07) is 11.5. The lowest BCUT2D eigenvalue weighted by Gasteiger charge is -2.42. The van der Waals surface area contributed by atoms with Crippen LogP contribution in [0.3, 0.4) is 0 Å². The molecule has 0 aliphatic carbocycles. The zero-order valence-corrected chi connectivity index (χ0v) is 15.8. The smallest absolute Gasteiger partial charge is 0.312 e. The Balaban J connectivity index is 1.68. The summed E-state index contributed by atoms with van der Waals surface area (Å²) in [5.74, 6) is 4.58. The van der Waals surface area contributed by atoms with E-state index in [1.54, 1.807) is 11.3 Å². The number of hydrogen-bond acceptors (Lipinski definition) is 5. The molecular formula is C21H23NO4S. The molecule has 1 aromatic carbocycles. The largest absolute Gasteiger partial charge is 0.481 e. The third kappa shape index (κ3) is 4.57. The Morgan fingerprint density at radius 3 is 2.78 bits per heavy atom. The van der Waals surface area contributed by atoms with E-state index in [4.69, 9.17) is 5.11 Å². The van der Waals surface area contributed by atoms with Gasteiger partial charge in [0.25, 0.3) is 0 Å². The quantitative estimate of drug-likeness (QED) is 0.686. The van der Waals surface area contributed by atoms with Gasteiger partial charge in [0.2, 0.25) is 0 Å². The second-order valence-corrected chi connectivity index (χ2v) is 7.88. The molecular weight excluding hydrogens is 362 g/mol. The first-order chi connectivity index (χ1) is 13.0. The number of likely N-dealkylation sites (tertiary alicyclic amines) is 1. The monoisotopic (exact) mass is 385 g/mol. The molecule has 2 heterocycles. The number of aliphatic hydroxyl groups is 2. The van der Waals surface area contributed by atoms with Gasteiger partial charge in [-0.05, 0) is 31.0 Å². The summed E-state index contributed by atoms with van der Waals surface area (Å²) in [4.78, 5) is 15.2. The van der Waals surface area contributed by atoms with Gasteiger partial charge in [-0.3, -0.25) is 9.69 Å². The van der Waals surface area contributed by atoms with Crippen molar-refractivity contribution in [2.45, 2.75) is 25.5 Å². The van der Waals surface area contributed by atoms with Crippen molar-refractivity contribution in [3.05, 3.63) is 57.8 Å². The van der Waals surface area contributed by atoms with Crippen molar-refractivity contribution in [2.75, 3.05) is 19.7 Å². The van der Waals surface area contributed by atoms with E-state index in [0.717, 1.165) is 16.0 Å². The third-order valence-corrected chi connectivity index (χ3v) is 6.00. The predicted molar refractivity (Wildman–Crippen MR) is 104 cm³/mol. The number of thiophene rings is 1. The van der Waals surface area contributed by atoms with Gasteiger partial charge in [-0.1, -0.05) is 42.2 Å². The van der Waals surface area contributed by atoms with Gasteiger partial charge in [0.1, 0.15) is 12.0 Å². The fourth-order valence-corrected chi connectivity index (χ4v) is 4.42. The topological polar surface area (TPSA) is 81.0 Å². The Morgan fingerprint density at radius 1 is 1.33 bits per heavy atom. The van der Waals surface area contributed by atoms with Crippen LogP contribution in [0.15, 0.2) is 41.8 Å². The lowest BCUT2D eigenvalue weighted by atomic mass is 9.71. The van der Waals surface area contributed by atoms with Gasteiger partial charge >= 0.3 is 5.97 Å². The van der Waals surface area contributed by atoms with Crippen LogP contribution in [-0.2, 0) is 17.8 Å². The van der Waals surface area contributed by atoms with Gasteiger partial charge in [-0.15, -0.1) is 11.3 Å². The van der Waals surface area contributed by atoms with Crippen molar-refractivity contribution in [3.8, 4) is 11.8 Å². The maximum atomic E-state index is 12.0. The first-order valence-corrected chi connectivity index (χ1v) is 9.76. The van der Waals surface area contributed by atoms with E-state index in [0.29, 0.717) is 32.5 Å². The molecule has 0 radical (unpaired) electrons. The standard InChI is InChI=1S/C21H23NO4S/c23-10-4-7-17-11-18(27-15-17)13-22-9-8-21(20(25)26,19(24)14-22)12-16-5-2-1-3-6-16/h1-3,5-6,11,15,19,23-24H,8-10,12-14H2,(H,25,26)/t19-,21-/m1/s1. The second-order valence-electron chi connectivity index (χ2n) is 6.89. The fraction of sp³-hybridized carbons (Fsp3) is 0.381. The van der Waals surface area contributed by atoms with Gasteiger partial charge in [-0.25, -0.2) is 0 Å². The van der Waals surface area contributed by atoms with Gasteiger partial charge < -0.3 is 15.3 Å². The highest BCUT2D eigenvalue weighted by Gasteiger charge is 2.48. The van der Waals surface area contributed by atoms with Crippen LogP contribution in [0.2, 0.25) is 0 Å². The molecule has 0 spiro atoms. The van der Waals surface area contributed by atoms with Crippen LogP contribution in [0, 0.1) is 17.3 Å². The van der Waals surface area contributed by atoms with E-state index >= 15 is 0 Å². The molecule has 3 rings (SSSR count). The Bertz CT molecular complexity index is 839. The zero-order valence-electron chi connectivity index (χ0n) is 15.0. The van der Waals surface area contributed by atoms with Crippen molar-refractivity contribution >= 4 is 17.3 Å². The Hall–Kier alpha value is -2.17. The van der Waals surface area contributed by atoms with Crippen LogP contribution in [-0.4, -0.2) is 52.0 Å². The molecule has 5 nitrogen and oxygen atoms in total. The number of carboxylic acid groups (broad SMARTS) is 1. The van der Waals surface area contributed by atoms with Crippen LogP contribution >= 0.6 is 11.3 Å². The van der Waals surface area contributed by atoms with Crippen LogP contribution < -0.4 is 0 Å². The van der Waals surface area contributed by atoms with E-state index in [1.165, 1.54) is 0 Å². The average Bonchev–Trinajstić information content (AvgIpc) is 3.10. The van der Waals surface area contributed by atoms with E-state index in [2.05, 4.69) is 16.7 Å². The van der Waals surface area contributed by atoms with Gasteiger partial charge in [-0.2, -0.15) is 0 Å². The average molecular weight is 385 g/mol. The lowest BCUT2D eigenvalue weighted by Crippen LogP contribution is -2.55. The summed E-state index contributed by atoms with van der Waals surface area (Å²) in [5, 5.41) is 31.3. The number of nitrogens with zero attached hydrogens (tertiary/aromatic N) is 1. The van der Waals surface area contributed by atoms with Crippen LogP contribution in [0.5, 0.6) is 0 Å².